The molecule has 0 radical (unpaired) electrons. The number of hydrogen-bond acceptors (Lipinski definition) is 3. The molecular weight excluding hydrogens is 212 g/mol. The maximum absolute atomic E-state index is 5.83. The Bertz CT molecular complexity index is 326. The first-order valence-corrected chi connectivity index (χ1v) is 6.22. The molecule has 3 heteroatoms. The number of ether oxygens (including phenoxy) is 1. The van der Waals surface area contributed by atoms with Crippen LogP contribution >= 0.6 is 0 Å². The molecule has 2 N–H and O–H groups in total. The third-order valence-electron chi connectivity index (χ3n) is 2.74. The molecule has 3 nitrogen and oxygen atoms in total. The first-order valence-electron chi connectivity index (χ1n) is 6.22. The topological polar surface area (TPSA) is 38.5 Å². The average molecular weight is 236 g/mol. The van der Waals surface area contributed by atoms with Crippen LogP contribution in [0.1, 0.15) is 12.5 Å². The molecule has 0 aromatic heterocycles. The van der Waals surface area contributed by atoms with Crippen molar-refractivity contribution >= 4 is 0 Å². The fraction of sp³-hybridized carbons (Fsp3) is 0.571. The Morgan fingerprint density at radius 1 is 1.29 bits per heavy atom. The lowest BCUT2D eigenvalue weighted by Crippen LogP contribution is -2.29. The van der Waals surface area contributed by atoms with Gasteiger partial charge in [0.15, 0.2) is 0 Å². The maximum atomic E-state index is 5.83. The van der Waals surface area contributed by atoms with Gasteiger partial charge in [-0.25, -0.2) is 0 Å². The minimum absolute atomic E-state index is 0.478. The molecule has 1 aromatic carbocycles. The lowest BCUT2D eigenvalue weighted by Gasteiger charge is -2.20. The molecule has 1 rings (SSSR count). The molecule has 96 valence electrons. The minimum Gasteiger partial charge on any atom is -0.494 e. The van der Waals surface area contributed by atoms with Gasteiger partial charge in [-0.15, -0.1) is 0 Å². The molecule has 1 unspecified atom stereocenters. The predicted molar refractivity (Wildman–Crippen MR) is 72.4 cm³/mol. The van der Waals surface area contributed by atoms with Crippen LogP contribution in [0.5, 0.6) is 5.75 Å². The zero-order chi connectivity index (χ0) is 12.7. The van der Waals surface area contributed by atoms with Crippen LogP contribution in [-0.4, -0.2) is 38.7 Å². The van der Waals surface area contributed by atoms with Gasteiger partial charge >= 0.3 is 0 Å². The fourth-order valence-corrected chi connectivity index (χ4v) is 2.02. The van der Waals surface area contributed by atoms with E-state index in [2.05, 4.69) is 31.1 Å². The van der Waals surface area contributed by atoms with E-state index in [-0.39, 0.29) is 0 Å². The van der Waals surface area contributed by atoms with Gasteiger partial charge in [0, 0.05) is 6.54 Å². The van der Waals surface area contributed by atoms with E-state index in [1.165, 1.54) is 5.56 Å². The predicted octanol–water partition coefficient (Wildman–Crippen LogP) is 1.76. The molecule has 0 aliphatic rings. The highest BCUT2D eigenvalue weighted by atomic mass is 16.5. The van der Waals surface area contributed by atoms with Crippen molar-refractivity contribution in [1.29, 1.82) is 0 Å². The lowest BCUT2D eigenvalue weighted by molar-refractivity contribution is 0.314. The van der Waals surface area contributed by atoms with Crippen LogP contribution in [0.2, 0.25) is 0 Å². The second-order valence-electron chi connectivity index (χ2n) is 4.61. The van der Waals surface area contributed by atoms with E-state index in [0.29, 0.717) is 19.1 Å². The second kappa shape index (κ2) is 7.30. The van der Waals surface area contributed by atoms with Crippen molar-refractivity contribution in [3.05, 3.63) is 29.8 Å². The molecule has 0 fully saturated rings. The maximum Gasteiger partial charge on any atom is 0.122 e. The number of nitrogens with two attached hydrogens (primary N) is 1. The highest BCUT2D eigenvalue weighted by Crippen LogP contribution is 2.21. The van der Waals surface area contributed by atoms with Crippen LogP contribution in [0.3, 0.4) is 0 Å². The standard InChI is InChI=1S/C14H24N2O/c1-4-17-14-8-6-5-7-13(14)9-12(10-15)11-16(2)3/h5-8,12H,4,9-11,15H2,1-3H3. The summed E-state index contributed by atoms with van der Waals surface area (Å²) in [5.74, 6) is 1.47. The second-order valence-corrected chi connectivity index (χ2v) is 4.61. The highest BCUT2D eigenvalue weighted by molar-refractivity contribution is 5.33. The molecule has 17 heavy (non-hydrogen) atoms. The number of para-hydroxylation sites is 1. The third-order valence-corrected chi connectivity index (χ3v) is 2.74. The van der Waals surface area contributed by atoms with Crippen LogP contribution in [0, 0.1) is 5.92 Å². The van der Waals surface area contributed by atoms with Crippen molar-refractivity contribution < 1.29 is 4.74 Å². The van der Waals surface area contributed by atoms with Gasteiger partial charge in [-0.2, -0.15) is 0 Å². The van der Waals surface area contributed by atoms with Gasteiger partial charge in [0.05, 0.1) is 6.61 Å². The van der Waals surface area contributed by atoms with E-state index < -0.39 is 0 Å². The smallest absolute Gasteiger partial charge is 0.122 e. The zero-order valence-electron chi connectivity index (χ0n) is 11.1. The molecule has 0 heterocycles. The molecule has 1 atom stereocenters. The summed E-state index contributed by atoms with van der Waals surface area (Å²) < 4.78 is 5.63. The van der Waals surface area contributed by atoms with Crippen molar-refractivity contribution in [1.82, 2.24) is 4.90 Å². The zero-order valence-corrected chi connectivity index (χ0v) is 11.1. The Kier molecular flexibility index (Phi) is 6.01. The van der Waals surface area contributed by atoms with Crippen LogP contribution in [0.4, 0.5) is 0 Å². The highest BCUT2D eigenvalue weighted by Gasteiger charge is 2.12. The van der Waals surface area contributed by atoms with Crippen LogP contribution in [0.25, 0.3) is 0 Å². The summed E-state index contributed by atoms with van der Waals surface area (Å²) in [4.78, 5) is 2.18. The Labute approximate surface area is 105 Å². The Morgan fingerprint density at radius 2 is 2.00 bits per heavy atom. The van der Waals surface area contributed by atoms with Crippen molar-refractivity contribution in [2.45, 2.75) is 13.3 Å². The summed E-state index contributed by atoms with van der Waals surface area (Å²) in [6.07, 6.45) is 0.977. The number of rotatable bonds is 7. The summed E-state index contributed by atoms with van der Waals surface area (Å²) in [6.45, 7) is 4.44. The van der Waals surface area contributed by atoms with Crippen molar-refractivity contribution in [3.63, 3.8) is 0 Å². The lowest BCUT2D eigenvalue weighted by atomic mass is 9.98. The normalized spacial score (nSPS) is 12.8. The first kappa shape index (κ1) is 14.0. The summed E-state index contributed by atoms with van der Waals surface area (Å²) in [7, 11) is 4.16. The van der Waals surface area contributed by atoms with Crippen molar-refractivity contribution in [2.24, 2.45) is 11.7 Å². The summed E-state index contributed by atoms with van der Waals surface area (Å²) in [6, 6.07) is 8.23. The Hall–Kier alpha value is -1.06. The summed E-state index contributed by atoms with van der Waals surface area (Å²) in [5.41, 5.74) is 7.08. The molecule has 0 aliphatic heterocycles. The summed E-state index contributed by atoms with van der Waals surface area (Å²) in [5, 5.41) is 0. The number of hydrogen-bond donors (Lipinski definition) is 1. The van der Waals surface area contributed by atoms with E-state index in [0.717, 1.165) is 18.7 Å². The molecular formula is C14H24N2O. The molecule has 0 spiro atoms. The third kappa shape index (κ3) is 4.75. The number of nitrogens with zero attached hydrogens (tertiary/aromatic N) is 1. The molecule has 1 aromatic rings. The largest absolute Gasteiger partial charge is 0.494 e. The summed E-state index contributed by atoms with van der Waals surface area (Å²) >= 11 is 0. The van der Waals surface area contributed by atoms with E-state index in [1.807, 2.05) is 19.1 Å². The van der Waals surface area contributed by atoms with Gasteiger partial charge in [-0.1, -0.05) is 18.2 Å². The average Bonchev–Trinajstić information content (AvgIpc) is 2.30. The van der Waals surface area contributed by atoms with Gasteiger partial charge in [-0.3, -0.25) is 0 Å². The van der Waals surface area contributed by atoms with Crippen molar-refractivity contribution in [3.8, 4) is 5.75 Å². The van der Waals surface area contributed by atoms with Crippen LogP contribution in [-0.2, 0) is 6.42 Å². The molecule has 0 amide bonds. The van der Waals surface area contributed by atoms with Gasteiger partial charge in [0.25, 0.3) is 0 Å². The van der Waals surface area contributed by atoms with Gasteiger partial charge in [0.1, 0.15) is 5.75 Å². The molecule has 0 bridgehead atoms. The van der Waals surface area contributed by atoms with E-state index in [4.69, 9.17) is 10.5 Å². The number of benzene rings is 1. The monoisotopic (exact) mass is 236 g/mol. The van der Waals surface area contributed by atoms with E-state index >= 15 is 0 Å². The van der Waals surface area contributed by atoms with Crippen LogP contribution in [0.15, 0.2) is 24.3 Å². The quantitative estimate of drug-likeness (QED) is 0.784. The Morgan fingerprint density at radius 3 is 2.59 bits per heavy atom. The van der Waals surface area contributed by atoms with E-state index in [1.54, 1.807) is 0 Å². The van der Waals surface area contributed by atoms with E-state index in [9.17, 15) is 0 Å². The molecule has 0 saturated heterocycles. The minimum atomic E-state index is 0.478. The molecule has 0 aliphatic carbocycles. The van der Waals surface area contributed by atoms with Crippen molar-refractivity contribution in [2.75, 3.05) is 33.8 Å². The SMILES string of the molecule is CCOc1ccccc1CC(CN)CN(C)C. The first-order chi connectivity index (χ1) is 8.17. The fourth-order valence-electron chi connectivity index (χ4n) is 2.02. The van der Waals surface area contributed by atoms with Gasteiger partial charge < -0.3 is 15.4 Å². The van der Waals surface area contributed by atoms with Gasteiger partial charge in [0.2, 0.25) is 0 Å². The van der Waals surface area contributed by atoms with Crippen LogP contribution < -0.4 is 10.5 Å². The van der Waals surface area contributed by atoms with Gasteiger partial charge in [-0.05, 0) is 51.5 Å². The Balaban J connectivity index is 2.71. The molecule has 0 saturated carbocycles.